The van der Waals surface area contributed by atoms with Gasteiger partial charge in [-0.05, 0) is 17.2 Å². The van der Waals surface area contributed by atoms with Gasteiger partial charge in [0.25, 0.3) is 0 Å². The quantitative estimate of drug-likeness (QED) is 0.662. The minimum Gasteiger partial charge on any atom is -0.481 e. The Balaban J connectivity index is 1.58. The number of rotatable bonds is 7. The van der Waals surface area contributed by atoms with Crippen molar-refractivity contribution in [1.82, 2.24) is 15.0 Å². The predicted molar refractivity (Wildman–Crippen MR) is 96.2 cm³/mol. The van der Waals surface area contributed by atoms with Crippen LogP contribution in [-0.4, -0.2) is 22.1 Å². The molecule has 1 aromatic carbocycles. The van der Waals surface area contributed by atoms with E-state index in [2.05, 4.69) is 32.4 Å². The van der Waals surface area contributed by atoms with Crippen molar-refractivity contribution in [3.8, 4) is 5.88 Å². The van der Waals surface area contributed by atoms with Gasteiger partial charge in [-0.2, -0.15) is 0 Å². The van der Waals surface area contributed by atoms with Crippen LogP contribution in [0.3, 0.4) is 0 Å². The first kappa shape index (κ1) is 16.3. The summed E-state index contributed by atoms with van der Waals surface area (Å²) in [6, 6.07) is 14.2. The van der Waals surface area contributed by atoms with Gasteiger partial charge in [-0.15, -0.1) is 11.8 Å². The number of aromatic nitrogens is 3. The molecule has 24 heavy (non-hydrogen) atoms. The van der Waals surface area contributed by atoms with Crippen LogP contribution in [0.4, 0.5) is 5.82 Å². The van der Waals surface area contributed by atoms with Crippen molar-refractivity contribution >= 4 is 17.6 Å². The molecule has 122 valence electrons. The van der Waals surface area contributed by atoms with Crippen LogP contribution in [0, 0.1) is 0 Å². The number of nitrogens with zero attached hydrogens (tertiary/aromatic N) is 3. The van der Waals surface area contributed by atoms with Gasteiger partial charge in [-0.3, -0.25) is 4.98 Å². The van der Waals surface area contributed by atoms with Gasteiger partial charge in [-0.25, -0.2) is 9.97 Å². The lowest BCUT2D eigenvalue weighted by molar-refractivity contribution is 0.397. The van der Waals surface area contributed by atoms with Gasteiger partial charge < -0.3 is 10.1 Å². The number of anilines is 1. The molecule has 6 heteroatoms. The van der Waals surface area contributed by atoms with Crippen molar-refractivity contribution in [1.29, 1.82) is 0 Å². The smallest absolute Gasteiger partial charge is 0.213 e. The molecule has 0 aliphatic carbocycles. The van der Waals surface area contributed by atoms with Crippen LogP contribution in [-0.2, 0) is 12.3 Å². The first-order chi connectivity index (χ1) is 11.8. The largest absolute Gasteiger partial charge is 0.481 e. The molecule has 3 rings (SSSR count). The Morgan fingerprint density at radius 1 is 1.08 bits per heavy atom. The second-order valence-electron chi connectivity index (χ2n) is 5.08. The number of pyridine rings is 1. The van der Waals surface area contributed by atoms with E-state index < -0.39 is 0 Å². The molecule has 0 saturated heterocycles. The number of benzene rings is 1. The highest BCUT2D eigenvalue weighted by atomic mass is 32.2. The average molecular weight is 338 g/mol. The molecule has 2 heterocycles. The van der Waals surface area contributed by atoms with E-state index in [0.717, 1.165) is 22.2 Å². The van der Waals surface area contributed by atoms with Gasteiger partial charge in [0, 0.05) is 24.6 Å². The molecule has 0 fully saturated rings. The van der Waals surface area contributed by atoms with Gasteiger partial charge in [0.15, 0.2) is 0 Å². The molecule has 0 aliphatic heterocycles. The highest BCUT2D eigenvalue weighted by Gasteiger charge is 2.02. The highest BCUT2D eigenvalue weighted by Crippen LogP contribution is 2.21. The number of hydrogen-bond donors (Lipinski definition) is 1. The van der Waals surface area contributed by atoms with E-state index in [9.17, 15) is 0 Å². The zero-order valence-corrected chi connectivity index (χ0v) is 14.2. The molecule has 3 aromatic rings. The molecular weight excluding hydrogens is 320 g/mol. The Hall–Kier alpha value is -2.60. The van der Waals surface area contributed by atoms with E-state index in [0.29, 0.717) is 12.4 Å². The lowest BCUT2D eigenvalue weighted by Crippen LogP contribution is -2.03. The summed E-state index contributed by atoms with van der Waals surface area (Å²) in [6.07, 6.45) is 5.24. The fourth-order valence-corrected chi connectivity index (χ4v) is 2.90. The fourth-order valence-electron chi connectivity index (χ4n) is 2.10. The Bertz CT molecular complexity index is 783. The molecule has 0 spiro atoms. The molecule has 0 unspecified atom stereocenters. The SMILES string of the molecule is COc1cc(CNc2cncc(SCc3ccccc3)n2)ccn1. The molecule has 0 aliphatic rings. The molecule has 0 radical (unpaired) electrons. The molecule has 0 amide bonds. The fraction of sp³-hybridized carbons (Fsp3) is 0.167. The van der Waals surface area contributed by atoms with Crippen LogP contribution in [0.15, 0.2) is 66.1 Å². The van der Waals surface area contributed by atoms with Crippen LogP contribution in [0.5, 0.6) is 5.88 Å². The number of ether oxygens (including phenoxy) is 1. The molecule has 1 N–H and O–H groups in total. The van der Waals surface area contributed by atoms with Crippen molar-refractivity contribution in [2.45, 2.75) is 17.3 Å². The third-order valence-electron chi connectivity index (χ3n) is 3.32. The highest BCUT2D eigenvalue weighted by molar-refractivity contribution is 7.98. The van der Waals surface area contributed by atoms with Crippen LogP contribution in [0.2, 0.25) is 0 Å². The van der Waals surface area contributed by atoms with E-state index in [1.165, 1.54) is 5.56 Å². The van der Waals surface area contributed by atoms with Crippen LogP contribution >= 0.6 is 11.8 Å². The van der Waals surface area contributed by atoms with Crippen molar-refractivity contribution in [2.24, 2.45) is 0 Å². The van der Waals surface area contributed by atoms with Crippen LogP contribution < -0.4 is 10.1 Å². The van der Waals surface area contributed by atoms with Gasteiger partial charge in [-0.1, -0.05) is 30.3 Å². The summed E-state index contributed by atoms with van der Waals surface area (Å²) in [6.45, 7) is 0.639. The van der Waals surface area contributed by atoms with E-state index in [4.69, 9.17) is 4.74 Å². The predicted octanol–water partition coefficient (Wildman–Crippen LogP) is 3.78. The summed E-state index contributed by atoms with van der Waals surface area (Å²) in [7, 11) is 1.61. The number of hydrogen-bond acceptors (Lipinski definition) is 6. The third kappa shape index (κ3) is 4.70. The van der Waals surface area contributed by atoms with E-state index in [1.54, 1.807) is 37.5 Å². The Morgan fingerprint density at radius 3 is 2.79 bits per heavy atom. The van der Waals surface area contributed by atoms with Crippen molar-refractivity contribution < 1.29 is 4.74 Å². The third-order valence-corrected chi connectivity index (χ3v) is 4.29. The number of methoxy groups -OCH3 is 1. The maximum absolute atomic E-state index is 5.13. The Kier molecular flexibility index (Phi) is 5.63. The van der Waals surface area contributed by atoms with Gasteiger partial charge in [0.05, 0.1) is 19.5 Å². The average Bonchev–Trinajstić information content (AvgIpc) is 2.66. The van der Waals surface area contributed by atoms with Crippen LogP contribution in [0.1, 0.15) is 11.1 Å². The molecule has 0 atom stereocenters. The lowest BCUT2D eigenvalue weighted by Gasteiger charge is -2.08. The minimum atomic E-state index is 0.604. The number of nitrogens with one attached hydrogen (secondary N) is 1. The summed E-state index contributed by atoms with van der Waals surface area (Å²) in [5.41, 5.74) is 2.34. The van der Waals surface area contributed by atoms with Crippen molar-refractivity contribution in [3.63, 3.8) is 0 Å². The van der Waals surface area contributed by atoms with Gasteiger partial charge >= 0.3 is 0 Å². The van der Waals surface area contributed by atoms with Crippen molar-refractivity contribution in [2.75, 3.05) is 12.4 Å². The molecule has 5 nitrogen and oxygen atoms in total. The molecule has 2 aromatic heterocycles. The first-order valence-electron chi connectivity index (χ1n) is 7.55. The number of thioether (sulfide) groups is 1. The maximum Gasteiger partial charge on any atom is 0.213 e. The van der Waals surface area contributed by atoms with E-state index >= 15 is 0 Å². The summed E-state index contributed by atoms with van der Waals surface area (Å²) in [5.74, 6) is 2.23. The van der Waals surface area contributed by atoms with Crippen molar-refractivity contribution in [3.05, 3.63) is 72.2 Å². The second-order valence-corrected chi connectivity index (χ2v) is 6.07. The molecule has 0 saturated carbocycles. The first-order valence-corrected chi connectivity index (χ1v) is 8.53. The summed E-state index contributed by atoms with van der Waals surface area (Å²) < 4.78 is 5.13. The molecule has 0 bridgehead atoms. The van der Waals surface area contributed by atoms with Crippen LogP contribution in [0.25, 0.3) is 0 Å². The van der Waals surface area contributed by atoms with E-state index in [-0.39, 0.29) is 0 Å². The normalized spacial score (nSPS) is 10.4. The second kappa shape index (κ2) is 8.31. The lowest BCUT2D eigenvalue weighted by atomic mass is 10.2. The standard InChI is InChI=1S/C18H18N4OS/c1-23-17-9-15(7-8-20-17)10-21-16-11-19-12-18(22-16)24-13-14-5-3-2-4-6-14/h2-9,11-12H,10,13H2,1H3,(H,21,22). The van der Waals surface area contributed by atoms with Gasteiger partial charge in [0.2, 0.25) is 5.88 Å². The summed E-state index contributed by atoms with van der Waals surface area (Å²) in [4.78, 5) is 12.9. The maximum atomic E-state index is 5.13. The summed E-state index contributed by atoms with van der Waals surface area (Å²) >= 11 is 1.67. The van der Waals surface area contributed by atoms with Gasteiger partial charge in [0.1, 0.15) is 10.8 Å². The Labute approximate surface area is 145 Å². The zero-order valence-electron chi connectivity index (χ0n) is 13.3. The summed E-state index contributed by atoms with van der Waals surface area (Å²) in [5, 5.41) is 4.18. The van der Waals surface area contributed by atoms with E-state index in [1.807, 2.05) is 30.3 Å². The zero-order chi connectivity index (χ0) is 16.6. The topological polar surface area (TPSA) is 59.9 Å². The Morgan fingerprint density at radius 2 is 1.96 bits per heavy atom. The minimum absolute atomic E-state index is 0.604. The molecular formula is C18H18N4OS. The monoisotopic (exact) mass is 338 g/mol.